The van der Waals surface area contributed by atoms with E-state index in [1.807, 2.05) is 6.92 Å². The van der Waals surface area contributed by atoms with Gasteiger partial charge in [-0.05, 0) is 44.1 Å². The first-order valence-electron chi connectivity index (χ1n) is 7.92. The second-order valence-electron chi connectivity index (χ2n) is 5.78. The topological polar surface area (TPSA) is 61.4 Å². The molecule has 0 bridgehead atoms. The Morgan fingerprint density at radius 2 is 2.04 bits per heavy atom. The van der Waals surface area contributed by atoms with E-state index in [0.29, 0.717) is 12.6 Å². The number of nitrogens with one attached hydrogen (secondary N) is 2. The van der Waals surface area contributed by atoms with Crippen molar-refractivity contribution < 1.29 is 22.8 Å². The van der Waals surface area contributed by atoms with Crippen molar-refractivity contribution in [2.75, 3.05) is 25.0 Å². The highest BCUT2D eigenvalue weighted by atomic mass is 35.5. The number of halogens is 4. The van der Waals surface area contributed by atoms with Crippen molar-refractivity contribution in [3.63, 3.8) is 0 Å². The number of hydrogen-bond acceptors (Lipinski definition) is 3. The molecule has 1 heterocycles. The Labute approximate surface area is 148 Å². The van der Waals surface area contributed by atoms with Gasteiger partial charge in [0.2, 0.25) is 0 Å². The number of amides is 2. The summed E-state index contributed by atoms with van der Waals surface area (Å²) in [6.45, 7) is 4.16. The summed E-state index contributed by atoms with van der Waals surface area (Å²) in [5.41, 5.74) is -1.22. The molecule has 0 aliphatic carbocycles. The fraction of sp³-hybridized carbons (Fsp3) is 0.500. The molecule has 2 amide bonds. The molecule has 1 atom stereocenters. The SMILES string of the molecule is CCN1CCC[C@H]1CNC(=O)C(=O)Nc1ccc(Cl)c(C(F)(F)F)c1. The Kier molecular flexibility index (Phi) is 6.29. The van der Waals surface area contributed by atoms with Crippen LogP contribution in [0.15, 0.2) is 18.2 Å². The molecule has 0 spiro atoms. The summed E-state index contributed by atoms with van der Waals surface area (Å²) in [4.78, 5) is 25.9. The van der Waals surface area contributed by atoms with Gasteiger partial charge in [-0.25, -0.2) is 0 Å². The first-order valence-corrected chi connectivity index (χ1v) is 8.30. The zero-order chi connectivity index (χ0) is 18.6. The molecule has 1 aliphatic heterocycles. The van der Waals surface area contributed by atoms with E-state index in [1.54, 1.807) is 0 Å². The zero-order valence-electron chi connectivity index (χ0n) is 13.6. The minimum atomic E-state index is -4.65. The summed E-state index contributed by atoms with van der Waals surface area (Å²) in [5, 5.41) is 4.21. The van der Waals surface area contributed by atoms with Crippen LogP contribution in [0.2, 0.25) is 5.02 Å². The summed E-state index contributed by atoms with van der Waals surface area (Å²) >= 11 is 5.51. The van der Waals surface area contributed by atoms with Crippen molar-refractivity contribution in [1.82, 2.24) is 10.2 Å². The van der Waals surface area contributed by atoms with E-state index in [1.165, 1.54) is 6.07 Å². The third-order valence-electron chi connectivity index (χ3n) is 4.14. The number of nitrogens with zero attached hydrogens (tertiary/aromatic N) is 1. The number of anilines is 1. The fourth-order valence-corrected chi connectivity index (χ4v) is 3.07. The Morgan fingerprint density at radius 3 is 2.68 bits per heavy atom. The van der Waals surface area contributed by atoms with Gasteiger partial charge in [-0.2, -0.15) is 13.2 Å². The minimum absolute atomic E-state index is 0.145. The predicted molar refractivity (Wildman–Crippen MR) is 88.4 cm³/mol. The maximum Gasteiger partial charge on any atom is 0.417 e. The number of benzene rings is 1. The van der Waals surface area contributed by atoms with Crippen molar-refractivity contribution >= 4 is 29.1 Å². The van der Waals surface area contributed by atoms with Crippen LogP contribution in [0.1, 0.15) is 25.3 Å². The number of hydrogen-bond donors (Lipinski definition) is 2. The second-order valence-corrected chi connectivity index (χ2v) is 6.19. The van der Waals surface area contributed by atoms with E-state index in [4.69, 9.17) is 11.6 Å². The van der Waals surface area contributed by atoms with Crippen LogP contribution < -0.4 is 10.6 Å². The van der Waals surface area contributed by atoms with Crippen molar-refractivity contribution in [3.8, 4) is 0 Å². The van der Waals surface area contributed by atoms with Crippen LogP contribution in [-0.2, 0) is 15.8 Å². The van der Waals surface area contributed by atoms with Gasteiger partial charge in [0.1, 0.15) is 0 Å². The first kappa shape index (κ1) is 19.5. The number of alkyl halides is 3. The first-order chi connectivity index (χ1) is 11.7. The van der Waals surface area contributed by atoms with Crippen LogP contribution in [0.5, 0.6) is 0 Å². The molecule has 2 rings (SSSR count). The van der Waals surface area contributed by atoms with E-state index < -0.39 is 28.6 Å². The molecular weight excluding hydrogens is 359 g/mol. The highest BCUT2D eigenvalue weighted by Gasteiger charge is 2.33. The van der Waals surface area contributed by atoms with Crippen LogP contribution in [-0.4, -0.2) is 42.4 Å². The summed E-state index contributed by atoms with van der Waals surface area (Å²) in [6.07, 6.45) is -2.68. The van der Waals surface area contributed by atoms with Crippen molar-refractivity contribution in [2.45, 2.75) is 32.0 Å². The maximum atomic E-state index is 12.8. The van der Waals surface area contributed by atoms with E-state index in [0.717, 1.165) is 32.0 Å². The molecule has 1 saturated heterocycles. The monoisotopic (exact) mass is 377 g/mol. The lowest BCUT2D eigenvalue weighted by atomic mass is 10.2. The molecule has 138 valence electrons. The Hall–Kier alpha value is -1.80. The smallest absolute Gasteiger partial charge is 0.346 e. The molecule has 1 aromatic carbocycles. The maximum absolute atomic E-state index is 12.8. The summed E-state index contributed by atoms with van der Waals surface area (Å²) in [6, 6.07) is 3.10. The average Bonchev–Trinajstić information content (AvgIpc) is 3.00. The summed E-state index contributed by atoms with van der Waals surface area (Å²) < 4.78 is 38.4. The summed E-state index contributed by atoms with van der Waals surface area (Å²) in [7, 11) is 0. The molecule has 2 N–H and O–H groups in total. The molecule has 1 fully saturated rings. The normalized spacial score (nSPS) is 18.2. The van der Waals surface area contributed by atoms with Crippen LogP contribution in [0, 0.1) is 0 Å². The molecular formula is C16H19ClF3N3O2. The lowest BCUT2D eigenvalue weighted by Gasteiger charge is -2.22. The van der Waals surface area contributed by atoms with Gasteiger partial charge in [0, 0.05) is 18.3 Å². The molecule has 0 radical (unpaired) electrons. The van der Waals surface area contributed by atoms with Gasteiger partial charge < -0.3 is 10.6 Å². The van der Waals surface area contributed by atoms with Crippen molar-refractivity contribution in [2.24, 2.45) is 0 Å². The number of likely N-dealkylation sites (N-methyl/N-ethyl adjacent to an activating group) is 1. The molecule has 0 aromatic heterocycles. The molecule has 25 heavy (non-hydrogen) atoms. The second kappa shape index (κ2) is 8.05. The van der Waals surface area contributed by atoms with Gasteiger partial charge >= 0.3 is 18.0 Å². The largest absolute Gasteiger partial charge is 0.417 e. The van der Waals surface area contributed by atoms with Gasteiger partial charge in [-0.1, -0.05) is 18.5 Å². The number of rotatable bonds is 4. The van der Waals surface area contributed by atoms with Crippen molar-refractivity contribution in [3.05, 3.63) is 28.8 Å². The van der Waals surface area contributed by atoms with Gasteiger partial charge in [-0.15, -0.1) is 0 Å². The van der Waals surface area contributed by atoms with Gasteiger partial charge in [0.05, 0.1) is 10.6 Å². The Bertz CT molecular complexity index is 652. The predicted octanol–water partition coefficient (Wildman–Crippen LogP) is 2.90. The lowest BCUT2D eigenvalue weighted by Crippen LogP contribution is -2.43. The van der Waals surface area contributed by atoms with E-state index in [-0.39, 0.29) is 11.7 Å². The van der Waals surface area contributed by atoms with Crippen molar-refractivity contribution in [1.29, 1.82) is 0 Å². The molecule has 1 aromatic rings. The van der Waals surface area contributed by atoms with Crippen LogP contribution in [0.3, 0.4) is 0 Å². The Morgan fingerprint density at radius 1 is 1.32 bits per heavy atom. The van der Waals surface area contributed by atoms with Crippen LogP contribution >= 0.6 is 11.6 Å². The third kappa shape index (κ3) is 5.09. The standard InChI is InChI=1S/C16H19ClF3N3O2/c1-2-23-7-3-4-11(23)9-21-14(24)15(25)22-10-5-6-13(17)12(8-10)16(18,19)20/h5-6,8,11H,2-4,7,9H2,1H3,(H,21,24)(H,22,25)/t11-/m0/s1. The van der Waals surface area contributed by atoms with Gasteiger partial charge in [-0.3, -0.25) is 14.5 Å². The quantitative estimate of drug-likeness (QED) is 0.793. The minimum Gasteiger partial charge on any atom is -0.346 e. The number of carbonyl (C=O) groups is 2. The van der Waals surface area contributed by atoms with E-state index in [2.05, 4.69) is 15.5 Å². The lowest BCUT2D eigenvalue weighted by molar-refractivity contribution is -0.137. The molecule has 0 unspecified atom stereocenters. The molecule has 9 heteroatoms. The fourth-order valence-electron chi connectivity index (χ4n) is 2.84. The highest BCUT2D eigenvalue weighted by molar-refractivity contribution is 6.39. The third-order valence-corrected chi connectivity index (χ3v) is 4.47. The van der Waals surface area contributed by atoms with Gasteiger partial charge in [0.25, 0.3) is 0 Å². The van der Waals surface area contributed by atoms with E-state index >= 15 is 0 Å². The molecule has 5 nitrogen and oxygen atoms in total. The van der Waals surface area contributed by atoms with Gasteiger partial charge in [0.15, 0.2) is 0 Å². The Balaban J connectivity index is 1.94. The highest BCUT2D eigenvalue weighted by Crippen LogP contribution is 2.36. The van der Waals surface area contributed by atoms with E-state index in [9.17, 15) is 22.8 Å². The average molecular weight is 378 g/mol. The number of carbonyl (C=O) groups excluding carboxylic acids is 2. The summed E-state index contributed by atoms with van der Waals surface area (Å²) in [5.74, 6) is -1.90. The molecule has 1 aliphatic rings. The van der Waals surface area contributed by atoms with Crippen LogP contribution in [0.25, 0.3) is 0 Å². The number of likely N-dealkylation sites (tertiary alicyclic amines) is 1. The van der Waals surface area contributed by atoms with Crippen LogP contribution in [0.4, 0.5) is 18.9 Å². The zero-order valence-corrected chi connectivity index (χ0v) is 14.4. The molecule has 0 saturated carbocycles.